The lowest BCUT2D eigenvalue weighted by molar-refractivity contribution is -0.282. The van der Waals surface area contributed by atoms with Crippen molar-refractivity contribution in [3.05, 3.63) is 22.2 Å². The average Bonchev–Trinajstić information content (AvgIpc) is 2.30. The smallest absolute Gasteiger partial charge is 0.397 e. The van der Waals surface area contributed by atoms with Crippen molar-refractivity contribution in [3.8, 4) is 0 Å². The van der Waals surface area contributed by atoms with Gasteiger partial charge in [0.25, 0.3) is 5.76 Å². The minimum Gasteiger partial charge on any atom is -0.397 e. The summed E-state index contributed by atoms with van der Waals surface area (Å²) in [6.07, 6.45) is -6.01. The molecule has 1 aromatic rings. The molecule has 2 N–H and O–H groups in total. The predicted octanol–water partition coefficient (Wildman–Crippen LogP) is 6.06. The molecule has 0 saturated carbocycles. The standard InChI is InChI=1S/C10H5Br2F8NS/c11-4-1-3(2-5(6(4)21)22-7(13)14)8(15,9(12,16)17)10(18,19)20/h1-2,7H,21H2. The van der Waals surface area contributed by atoms with Crippen LogP contribution in [0, 0.1) is 0 Å². The summed E-state index contributed by atoms with van der Waals surface area (Å²) in [6.45, 7) is 0. The van der Waals surface area contributed by atoms with Gasteiger partial charge in [-0.25, -0.2) is 4.39 Å². The molecule has 1 unspecified atom stereocenters. The highest BCUT2D eigenvalue weighted by Crippen LogP contribution is 2.56. The molecule has 0 saturated heterocycles. The third kappa shape index (κ3) is 3.64. The number of anilines is 1. The van der Waals surface area contributed by atoms with Crippen LogP contribution in [0.4, 0.5) is 40.8 Å². The Balaban J connectivity index is 3.62. The zero-order chi connectivity index (χ0) is 17.5. The first-order chi connectivity index (χ1) is 9.71. The van der Waals surface area contributed by atoms with Gasteiger partial charge in [-0.05, 0) is 44.0 Å². The molecule has 0 aliphatic rings. The fourth-order valence-corrected chi connectivity index (χ4v) is 3.14. The van der Waals surface area contributed by atoms with Gasteiger partial charge in [0.05, 0.1) is 5.69 Å². The Morgan fingerprint density at radius 2 is 1.55 bits per heavy atom. The van der Waals surface area contributed by atoms with Crippen molar-refractivity contribution in [3.63, 3.8) is 0 Å². The second-order valence-electron chi connectivity index (χ2n) is 3.90. The van der Waals surface area contributed by atoms with Crippen molar-refractivity contribution in [2.45, 2.75) is 27.3 Å². The van der Waals surface area contributed by atoms with Crippen molar-refractivity contribution in [1.29, 1.82) is 0 Å². The maximum atomic E-state index is 14.2. The molecular weight excluding hydrogens is 478 g/mol. The first-order valence-electron chi connectivity index (χ1n) is 5.08. The second-order valence-corrected chi connectivity index (χ2v) is 6.78. The van der Waals surface area contributed by atoms with Gasteiger partial charge in [-0.1, -0.05) is 11.8 Å². The van der Waals surface area contributed by atoms with E-state index in [2.05, 4.69) is 15.9 Å². The van der Waals surface area contributed by atoms with Crippen LogP contribution in [-0.2, 0) is 5.67 Å². The molecule has 0 spiro atoms. The largest absolute Gasteiger partial charge is 0.433 e. The summed E-state index contributed by atoms with van der Waals surface area (Å²) in [6, 6.07) is 0.590. The summed E-state index contributed by atoms with van der Waals surface area (Å²) in [4.78, 5) is -5.69. The molecule has 1 atom stereocenters. The first kappa shape index (κ1) is 19.8. The van der Waals surface area contributed by atoms with Crippen molar-refractivity contribution in [2.24, 2.45) is 0 Å². The van der Waals surface area contributed by atoms with Crippen LogP contribution < -0.4 is 5.73 Å². The number of nitrogens with two attached hydrogens (primary N) is 1. The number of hydrogen-bond donors (Lipinski definition) is 1. The maximum absolute atomic E-state index is 14.2. The predicted molar refractivity (Wildman–Crippen MR) is 73.1 cm³/mol. The Bertz CT molecular complexity index is 543. The number of halogens is 10. The minimum atomic E-state index is -6.01. The van der Waals surface area contributed by atoms with E-state index < -0.39 is 43.1 Å². The van der Waals surface area contributed by atoms with Crippen LogP contribution >= 0.6 is 43.6 Å². The van der Waals surface area contributed by atoms with E-state index in [1.54, 1.807) is 0 Å². The third-order valence-corrected chi connectivity index (χ3v) is 4.46. The van der Waals surface area contributed by atoms with Gasteiger partial charge < -0.3 is 5.73 Å². The molecule has 0 fully saturated rings. The molecule has 0 bridgehead atoms. The van der Waals surface area contributed by atoms with Gasteiger partial charge in [0, 0.05) is 14.9 Å². The molecule has 0 heterocycles. The fourth-order valence-electron chi connectivity index (χ4n) is 1.47. The SMILES string of the molecule is Nc1c(Br)cc(C(F)(C(F)(F)F)C(F)(F)Br)cc1SC(F)F. The van der Waals surface area contributed by atoms with Gasteiger partial charge in [-0.15, -0.1) is 0 Å². The van der Waals surface area contributed by atoms with Crippen LogP contribution in [0.3, 0.4) is 0 Å². The van der Waals surface area contributed by atoms with Crippen LogP contribution in [0.5, 0.6) is 0 Å². The van der Waals surface area contributed by atoms with Crippen molar-refractivity contribution in [1.82, 2.24) is 0 Å². The number of thioether (sulfide) groups is 1. The molecule has 0 amide bonds. The van der Waals surface area contributed by atoms with Crippen LogP contribution in [0.2, 0.25) is 0 Å². The quantitative estimate of drug-likeness (QED) is 0.244. The topological polar surface area (TPSA) is 26.0 Å². The third-order valence-electron chi connectivity index (χ3n) is 2.49. The highest BCUT2D eigenvalue weighted by atomic mass is 79.9. The molecule has 0 aliphatic heterocycles. The van der Waals surface area contributed by atoms with E-state index in [-0.39, 0.29) is 17.8 Å². The first-order valence-corrected chi connectivity index (χ1v) is 7.55. The van der Waals surface area contributed by atoms with Gasteiger partial charge in [0.1, 0.15) is 0 Å². The van der Waals surface area contributed by atoms with E-state index in [0.29, 0.717) is 6.07 Å². The number of nitrogen functional groups attached to an aromatic ring is 1. The molecule has 1 aromatic carbocycles. The number of hydrogen-bond acceptors (Lipinski definition) is 2. The van der Waals surface area contributed by atoms with E-state index in [4.69, 9.17) is 5.73 Å². The lowest BCUT2D eigenvalue weighted by atomic mass is 9.95. The van der Waals surface area contributed by atoms with E-state index in [1.165, 1.54) is 15.9 Å². The van der Waals surface area contributed by atoms with E-state index in [0.717, 1.165) is 0 Å². The number of alkyl halides is 9. The van der Waals surface area contributed by atoms with Gasteiger partial charge in [-0.2, -0.15) is 30.7 Å². The lowest BCUT2D eigenvalue weighted by Gasteiger charge is -2.32. The highest BCUT2D eigenvalue weighted by molar-refractivity contribution is 9.10. The summed E-state index contributed by atoms with van der Waals surface area (Å²) >= 11 is 3.71. The Kier molecular flexibility index (Phi) is 5.71. The van der Waals surface area contributed by atoms with E-state index in [1.807, 2.05) is 0 Å². The number of rotatable bonds is 4. The molecule has 126 valence electrons. The minimum absolute atomic E-state index is 0.222. The summed E-state index contributed by atoms with van der Waals surface area (Å²) in [7, 11) is 0. The van der Waals surface area contributed by atoms with Crippen molar-refractivity contribution >= 4 is 49.3 Å². The molecule has 0 radical (unpaired) electrons. The number of benzene rings is 1. The summed E-state index contributed by atoms with van der Waals surface area (Å²) < 4.78 is 103. The van der Waals surface area contributed by atoms with Crippen LogP contribution in [0.15, 0.2) is 21.5 Å². The summed E-state index contributed by atoms with van der Waals surface area (Å²) in [5.41, 5.74) is -1.76. The average molecular weight is 483 g/mol. The molecule has 12 heteroatoms. The molecule has 0 aromatic heterocycles. The molecular formula is C10H5Br2F8NS. The molecule has 22 heavy (non-hydrogen) atoms. The zero-order valence-corrected chi connectivity index (χ0v) is 14.0. The fraction of sp³-hybridized carbons (Fsp3) is 0.400. The van der Waals surface area contributed by atoms with E-state index >= 15 is 0 Å². The van der Waals surface area contributed by atoms with Crippen molar-refractivity contribution < 1.29 is 35.1 Å². The van der Waals surface area contributed by atoms with Gasteiger partial charge in [0.15, 0.2) is 0 Å². The van der Waals surface area contributed by atoms with Crippen molar-refractivity contribution in [2.75, 3.05) is 5.73 Å². The highest BCUT2D eigenvalue weighted by Gasteiger charge is 2.71. The maximum Gasteiger partial charge on any atom is 0.433 e. The second kappa shape index (κ2) is 6.34. The summed E-state index contributed by atoms with van der Waals surface area (Å²) in [5, 5.41) is 0. The van der Waals surface area contributed by atoms with Gasteiger partial charge in [0.2, 0.25) is 0 Å². The Hall–Kier alpha value is -0.230. The Morgan fingerprint density at radius 3 is 1.91 bits per heavy atom. The van der Waals surface area contributed by atoms with Crippen LogP contribution in [-0.4, -0.2) is 16.8 Å². The normalized spacial score (nSPS) is 16.0. The molecule has 0 aliphatic carbocycles. The van der Waals surface area contributed by atoms with Crippen LogP contribution in [0.25, 0.3) is 0 Å². The van der Waals surface area contributed by atoms with E-state index in [9.17, 15) is 35.1 Å². The van der Waals surface area contributed by atoms with Gasteiger partial charge >= 0.3 is 16.7 Å². The molecule has 1 rings (SSSR count). The lowest BCUT2D eigenvalue weighted by Crippen LogP contribution is -2.49. The Morgan fingerprint density at radius 1 is 1.05 bits per heavy atom. The summed E-state index contributed by atoms with van der Waals surface area (Å²) in [5.74, 6) is -3.09. The van der Waals surface area contributed by atoms with Crippen LogP contribution in [0.1, 0.15) is 5.56 Å². The monoisotopic (exact) mass is 481 g/mol. The molecule has 1 nitrogen and oxygen atoms in total. The Labute approximate surface area is 139 Å². The van der Waals surface area contributed by atoms with Gasteiger partial charge in [-0.3, -0.25) is 0 Å². The zero-order valence-electron chi connectivity index (χ0n) is 10.00.